The molecule has 2 aromatic carbocycles. The summed E-state index contributed by atoms with van der Waals surface area (Å²) in [4.78, 5) is 69.2. The number of likely N-dealkylation sites (N-methyl/N-ethyl adjacent to an activating group) is 1. The molecule has 3 fully saturated rings. The van der Waals surface area contributed by atoms with E-state index in [2.05, 4.69) is 41.7 Å². The van der Waals surface area contributed by atoms with Gasteiger partial charge in [0.25, 0.3) is 12.3 Å². The number of ether oxygens (including phenoxy) is 3. The number of thiazole rings is 1. The van der Waals surface area contributed by atoms with Crippen molar-refractivity contribution < 1.29 is 46.6 Å². The second-order valence-electron chi connectivity index (χ2n) is 19.8. The second-order valence-corrected chi connectivity index (χ2v) is 20.7. The van der Waals surface area contributed by atoms with Crippen molar-refractivity contribution in [3.8, 4) is 22.9 Å². The molecule has 22 heteroatoms. The highest BCUT2D eigenvalue weighted by atomic mass is 32.1. The van der Waals surface area contributed by atoms with Crippen molar-refractivity contribution in [2.45, 2.75) is 95.8 Å². The van der Waals surface area contributed by atoms with Crippen LogP contribution in [0.5, 0.6) is 5.75 Å². The van der Waals surface area contributed by atoms with E-state index in [0.29, 0.717) is 91.1 Å². The van der Waals surface area contributed by atoms with E-state index >= 15 is 0 Å². The average molecular weight is 1090 g/mol. The largest absolute Gasteiger partial charge is 0.491 e. The Morgan fingerprint density at radius 1 is 0.885 bits per heavy atom. The summed E-state index contributed by atoms with van der Waals surface area (Å²) < 4.78 is 52.4. The third-order valence-electron chi connectivity index (χ3n) is 14.2. The number of halogens is 2. The zero-order valence-electron chi connectivity index (χ0n) is 43.9. The lowest BCUT2D eigenvalue weighted by Crippen LogP contribution is -2.55. The summed E-state index contributed by atoms with van der Waals surface area (Å²) in [5, 5.41) is 21.7. The van der Waals surface area contributed by atoms with Gasteiger partial charge in [0.2, 0.25) is 23.5 Å². The summed E-state index contributed by atoms with van der Waals surface area (Å²) in [6, 6.07) is 16.4. The number of amides is 3. The van der Waals surface area contributed by atoms with Gasteiger partial charge in [0.05, 0.1) is 56.1 Å². The minimum Gasteiger partial charge on any atom is -0.491 e. The summed E-state index contributed by atoms with van der Waals surface area (Å²) in [5.74, 6) is 0.912. The molecule has 1 aliphatic heterocycles. The van der Waals surface area contributed by atoms with E-state index < -0.39 is 30.1 Å². The van der Waals surface area contributed by atoms with Crippen molar-refractivity contribution in [1.82, 2.24) is 45.6 Å². The topological polar surface area (TPSA) is 229 Å². The maximum atomic E-state index is 14.2. The van der Waals surface area contributed by atoms with Crippen LogP contribution in [-0.4, -0.2) is 125 Å². The molecule has 414 valence electrons. The van der Waals surface area contributed by atoms with Gasteiger partial charge in [-0.15, -0.1) is 11.3 Å². The Morgan fingerprint density at radius 2 is 1.68 bits per heavy atom. The van der Waals surface area contributed by atoms with Gasteiger partial charge >= 0.3 is 0 Å². The van der Waals surface area contributed by atoms with Crippen molar-refractivity contribution >= 4 is 46.3 Å². The van der Waals surface area contributed by atoms with E-state index in [1.165, 1.54) is 41.3 Å². The van der Waals surface area contributed by atoms with Gasteiger partial charge in [-0.2, -0.15) is 5.10 Å². The van der Waals surface area contributed by atoms with Crippen LogP contribution in [0.15, 0.2) is 89.1 Å². The molecule has 3 aliphatic rings. The Morgan fingerprint density at radius 3 is 2.46 bits per heavy atom. The van der Waals surface area contributed by atoms with Crippen LogP contribution in [0.2, 0.25) is 0 Å². The van der Waals surface area contributed by atoms with Crippen molar-refractivity contribution in [2.75, 3.05) is 70.3 Å². The van der Waals surface area contributed by atoms with Crippen LogP contribution < -0.4 is 31.3 Å². The van der Waals surface area contributed by atoms with Gasteiger partial charge in [0.1, 0.15) is 41.2 Å². The molecular weight excluding hydrogens is 1020 g/mol. The van der Waals surface area contributed by atoms with E-state index in [4.69, 9.17) is 23.6 Å². The fourth-order valence-electron chi connectivity index (χ4n) is 9.53. The predicted molar refractivity (Wildman–Crippen MR) is 289 cm³/mol. The van der Waals surface area contributed by atoms with Crippen LogP contribution >= 0.6 is 11.3 Å². The van der Waals surface area contributed by atoms with Crippen molar-refractivity contribution in [2.24, 2.45) is 11.8 Å². The van der Waals surface area contributed by atoms with Crippen molar-refractivity contribution in [1.29, 1.82) is 0 Å². The standard InChI is InChI=1S/C56H67F2N11O8S/c1-35(59-2)52(71)66-48(38-8-4-3-5-9-38)56(73)68-22-7-12-46(68)55-65-45(34-78-55)50(70)39-10-6-11-42(28-39)76-27-26-75-25-24-74-23-21-60-30-36-15-17-41(18-16-36)69-32-43(49(67-69)51(57)58)63-53(72)44-33-77-54(64-44)40-19-20-61-47(29-40)62-31-37-13-14-37/h6,10-11,15-20,28-29,32-35,37-38,46,48,51,59-60H,3-5,7-9,12-14,21-27,30-31H2,1-2H3,(H,61,62)(H,63,72)(H,66,71)/t35-,46-,48-/m0/s1. The maximum Gasteiger partial charge on any atom is 0.284 e. The zero-order valence-corrected chi connectivity index (χ0v) is 44.7. The molecular formula is C56H67F2N11O8S. The van der Waals surface area contributed by atoms with Gasteiger partial charge in [-0.05, 0) is 106 Å². The molecule has 0 radical (unpaired) electrons. The fourth-order valence-corrected chi connectivity index (χ4v) is 10.5. The highest BCUT2D eigenvalue weighted by Gasteiger charge is 2.40. The first-order valence-corrected chi connectivity index (χ1v) is 27.7. The van der Waals surface area contributed by atoms with E-state index in [0.717, 1.165) is 57.1 Å². The average Bonchev–Trinajstić information content (AvgIpc) is 4.00. The minimum absolute atomic E-state index is 0.0718. The summed E-state index contributed by atoms with van der Waals surface area (Å²) in [5.41, 5.74) is 2.04. The number of rotatable bonds is 28. The predicted octanol–water partition coefficient (Wildman–Crippen LogP) is 8.16. The molecule has 4 aromatic heterocycles. The first-order valence-electron chi connectivity index (χ1n) is 26.8. The van der Waals surface area contributed by atoms with Crippen LogP contribution in [0.3, 0.4) is 0 Å². The highest BCUT2D eigenvalue weighted by molar-refractivity contribution is 7.10. The molecule has 9 rings (SSSR count). The normalized spacial score (nSPS) is 16.5. The third kappa shape index (κ3) is 14.8. The van der Waals surface area contributed by atoms with Crippen LogP contribution in [0.25, 0.3) is 17.1 Å². The van der Waals surface area contributed by atoms with Gasteiger partial charge in [-0.1, -0.05) is 43.5 Å². The SMILES string of the molecule is CN[C@@H](C)C(=O)N[C@H](C(=O)N1CCC[C@H]1c1nc(C(=O)c2cccc(OCCOCCOCCNCc3ccc(-n4cc(NC(=O)c5coc(-c6ccnc(NCC7CC7)c6)n5)c(C(F)F)n4)cc3)c2)cs1)C1CCCCC1. The highest BCUT2D eigenvalue weighted by Crippen LogP contribution is 2.37. The van der Waals surface area contributed by atoms with Gasteiger partial charge in [-0.25, -0.2) is 28.4 Å². The number of aromatic nitrogens is 5. The number of nitrogens with zero attached hydrogens (tertiary/aromatic N) is 6. The minimum atomic E-state index is -2.95. The molecule has 5 N–H and O–H groups in total. The van der Waals surface area contributed by atoms with E-state index in [-0.39, 0.29) is 53.4 Å². The number of ketones is 1. The molecule has 3 amide bonds. The third-order valence-corrected chi connectivity index (χ3v) is 15.2. The van der Waals surface area contributed by atoms with Crippen LogP contribution in [0, 0.1) is 11.8 Å². The molecule has 0 spiro atoms. The molecule has 0 bridgehead atoms. The Balaban J connectivity index is 0.657. The van der Waals surface area contributed by atoms with E-state index in [1.807, 2.05) is 17.0 Å². The number of anilines is 2. The fraction of sp³-hybridized carbons (Fsp3) is 0.464. The monoisotopic (exact) mass is 1090 g/mol. The summed E-state index contributed by atoms with van der Waals surface area (Å²) in [6.07, 6.45) is 10.2. The number of carbonyl (C=O) groups is 4. The summed E-state index contributed by atoms with van der Waals surface area (Å²) in [7, 11) is 1.73. The number of carbonyl (C=O) groups excluding carboxylic acids is 4. The van der Waals surface area contributed by atoms with Crippen molar-refractivity contribution in [3.05, 3.63) is 118 Å². The lowest BCUT2D eigenvalue weighted by atomic mass is 9.83. The number of pyridine rings is 1. The number of hydrogen-bond acceptors (Lipinski definition) is 16. The number of nitrogens with one attached hydrogen (secondary N) is 5. The lowest BCUT2D eigenvalue weighted by molar-refractivity contribution is -0.139. The Hall–Kier alpha value is -6.98. The van der Waals surface area contributed by atoms with E-state index in [1.54, 1.807) is 74.1 Å². The first kappa shape index (κ1) is 55.8. The second kappa shape index (κ2) is 27.1. The van der Waals surface area contributed by atoms with Gasteiger partial charge in [-0.3, -0.25) is 19.2 Å². The first-order chi connectivity index (χ1) is 38.0. The molecule has 2 saturated carbocycles. The maximum absolute atomic E-state index is 14.2. The molecule has 78 heavy (non-hydrogen) atoms. The molecule has 2 aliphatic carbocycles. The molecule has 3 atom stereocenters. The smallest absolute Gasteiger partial charge is 0.284 e. The Bertz CT molecular complexity index is 2960. The van der Waals surface area contributed by atoms with Crippen LogP contribution in [0.1, 0.15) is 120 Å². The molecule has 1 saturated heterocycles. The molecule has 19 nitrogen and oxygen atoms in total. The van der Waals surface area contributed by atoms with Gasteiger partial charge in [0.15, 0.2) is 11.4 Å². The van der Waals surface area contributed by atoms with Gasteiger partial charge in [0, 0.05) is 48.9 Å². The number of oxazole rings is 1. The molecule has 6 aromatic rings. The van der Waals surface area contributed by atoms with E-state index in [9.17, 15) is 28.0 Å². The number of benzene rings is 2. The molecule has 0 unspecified atom stereocenters. The quantitative estimate of drug-likeness (QED) is 0.0231. The van der Waals surface area contributed by atoms with Crippen LogP contribution in [-0.2, 0) is 25.6 Å². The lowest BCUT2D eigenvalue weighted by Gasteiger charge is -2.35. The van der Waals surface area contributed by atoms with Crippen LogP contribution in [0.4, 0.5) is 20.3 Å². The number of likely N-dealkylation sites (tertiary alicyclic amines) is 1. The number of hydrogen-bond donors (Lipinski definition) is 5. The molecule has 5 heterocycles. The van der Waals surface area contributed by atoms with Crippen molar-refractivity contribution in [3.63, 3.8) is 0 Å². The summed E-state index contributed by atoms with van der Waals surface area (Å²) >= 11 is 1.38. The van der Waals surface area contributed by atoms with Gasteiger partial charge < -0.3 is 50.1 Å². The zero-order chi connectivity index (χ0) is 54.4. The Labute approximate surface area is 455 Å². The summed E-state index contributed by atoms with van der Waals surface area (Å²) in [6.45, 7) is 6.08. The number of alkyl halides is 2. The Kier molecular flexibility index (Phi) is 19.3.